The molecule has 2 heteroatoms. The number of fused-ring (bicyclic) bond motifs is 1. The first-order chi connectivity index (χ1) is 9.85. The Morgan fingerprint density at radius 3 is 2.80 bits per heavy atom. The maximum Gasteiger partial charge on any atom is 0.0703 e. The van der Waals surface area contributed by atoms with Crippen LogP contribution in [-0.2, 0) is 0 Å². The van der Waals surface area contributed by atoms with Crippen LogP contribution in [0.4, 0.5) is 5.69 Å². The largest absolute Gasteiger partial charge is 0.382 e. The van der Waals surface area contributed by atoms with E-state index in [0.29, 0.717) is 6.04 Å². The van der Waals surface area contributed by atoms with E-state index in [9.17, 15) is 0 Å². The van der Waals surface area contributed by atoms with E-state index in [2.05, 4.69) is 41.5 Å². The first-order valence-corrected chi connectivity index (χ1v) is 7.96. The molecule has 1 aromatic heterocycles. The molecular weight excluding hydrogens is 244 g/mol. The Bertz CT molecular complexity index is 556. The maximum atomic E-state index is 4.37. The van der Waals surface area contributed by atoms with Crippen LogP contribution in [0.3, 0.4) is 0 Å². The summed E-state index contributed by atoms with van der Waals surface area (Å²) in [6, 6.07) is 11.3. The van der Waals surface area contributed by atoms with Gasteiger partial charge in [-0.2, -0.15) is 0 Å². The molecule has 0 unspecified atom stereocenters. The zero-order valence-electron chi connectivity index (χ0n) is 12.3. The molecule has 2 nitrogen and oxygen atoms in total. The Kier molecular flexibility index (Phi) is 4.19. The van der Waals surface area contributed by atoms with Gasteiger partial charge in [0.15, 0.2) is 0 Å². The molecule has 0 radical (unpaired) electrons. The molecular formula is C18H24N2. The number of anilines is 1. The van der Waals surface area contributed by atoms with Crippen molar-refractivity contribution in [2.75, 3.05) is 5.32 Å². The Hall–Kier alpha value is -1.57. The molecule has 0 amide bonds. The fourth-order valence-corrected chi connectivity index (χ4v) is 3.40. The lowest BCUT2D eigenvalue weighted by molar-refractivity contribution is 0.319. The van der Waals surface area contributed by atoms with E-state index in [1.807, 2.05) is 12.3 Å². The van der Waals surface area contributed by atoms with Gasteiger partial charge < -0.3 is 5.32 Å². The summed E-state index contributed by atoms with van der Waals surface area (Å²) in [5.41, 5.74) is 2.31. The molecule has 1 heterocycles. The summed E-state index contributed by atoms with van der Waals surface area (Å²) >= 11 is 0. The van der Waals surface area contributed by atoms with Crippen LogP contribution < -0.4 is 5.32 Å². The highest BCUT2D eigenvalue weighted by molar-refractivity contribution is 5.82. The molecule has 0 saturated heterocycles. The van der Waals surface area contributed by atoms with Crippen molar-refractivity contribution in [1.29, 1.82) is 0 Å². The van der Waals surface area contributed by atoms with E-state index < -0.39 is 0 Å². The molecule has 1 N–H and O–H groups in total. The van der Waals surface area contributed by atoms with Gasteiger partial charge in [-0.05, 0) is 55.9 Å². The summed E-state index contributed by atoms with van der Waals surface area (Å²) in [4.78, 5) is 4.37. The highest BCUT2D eigenvalue weighted by Crippen LogP contribution is 2.30. The second kappa shape index (κ2) is 6.25. The standard InChI is InChI=1S/C18H24N2/c1-2-4-14-6-8-16(9-7-14)20-17-10-11-18-15(13-17)5-3-12-19-18/h3,5,10-14,16,20H,2,4,6-9H2,1H3. The number of pyridine rings is 1. The van der Waals surface area contributed by atoms with E-state index in [0.717, 1.165) is 11.4 Å². The SMILES string of the molecule is CCCC1CCC(Nc2ccc3ncccc3c2)CC1. The van der Waals surface area contributed by atoms with Gasteiger partial charge in [0, 0.05) is 23.3 Å². The molecule has 3 rings (SSSR count). The van der Waals surface area contributed by atoms with Crippen molar-refractivity contribution < 1.29 is 0 Å². The minimum atomic E-state index is 0.650. The molecule has 0 spiro atoms. The van der Waals surface area contributed by atoms with Crippen molar-refractivity contribution in [3.63, 3.8) is 0 Å². The van der Waals surface area contributed by atoms with E-state index in [-0.39, 0.29) is 0 Å². The van der Waals surface area contributed by atoms with Gasteiger partial charge in [-0.3, -0.25) is 4.98 Å². The third-order valence-corrected chi connectivity index (χ3v) is 4.52. The minimum Gasteiger partial charge on any atom is -0.382 e. The van der Waals surface area contributed by atoms with Gasteiger partial charge in [0.05, 0.1) is 5.52 Å². The van der Waals surface area contributed by atoms with Gasteiger partial charge in [-0.15, -0.1) is 0 Å². The summed E-state index contributed by atoms with van der Waals surface area (Å²) in [5.74, 6) is 0.971. The van der Waals surface area contributed by atoms with Gasteiger partial charge in [-0.1, -0.05) is 25.8 Å². The lowest BCUT2D eigenvalue weighted by atomic mass is 9.83. The minimum absolute atomic E-state index is 0.650. The van der Waals surface area contributed by atoms with Gasteiger partial charge in [0.1, 0.15) is 0 Å². The lowest BCUT2D eigenvalue weighted by Gasteiger charge is -2.29. The first kappa shape index (κ1) is 13.4. The molecule has 2 aromatic rings. The van der Waals surface area contributed by atoms with Crippen molar-refractivity contribution >= 4 is 16.6 Å². The van der Waals surface area contributed by atoms with Crippen LogP contribution in [0.25, 0.3) is 10.9 Å². The Balaban J connectivity index is 1.62. The second-order valence-electron chi connectivity index (χ2n) is 6.06. The maximum absolute atomic E-state index is 4.37. The van der Waals surface area contributed by atoms with Crippen LogP contribution in [0, 0.1) is 5.92 Å². The molecule has 0 atom stereocenters. The lowest BCUT2D eigenvalue weighted by Crippen LogP contribution is -2.26. The monoisotopic (exact) mass is 268 g/mol. The third-order valence-electron chi connectivity index (χ3n) is 4.52. The number of aromatic nitrogens is 1. The third kappa shape index (κ3) is 3.12. The van der Waals surface area contributed by atoms with Crippen molar-refractivity contribution in [2.45, 2.75) is 51.5 Å². The average molecular weight is 268 g/mol. The molecule has 1 aromatic carbocycles. The summed E-state index contributed by atoms with van der Waals surface area (Å²) in [7, 11) is 0. The van der Waals surface area contributed by atoms with Crippen molar-refractivity contribution in [2.24, 2.45) is 5.92 Å². The van der Waals surface area contributed by atoms with E-state index in [1.54, 1.807) is 0 Å². The summed E-state index contributed by atoms with van der Waals surface area (Å²) in [6.45, 7) is 2.30. The van der Waals surface area contributed by atoms with Gasteiger partial charge in [0.2, 0.25) is 0 Å². The predicted octanol–water partition coefficient (Wildman–Crippen LogP) is 5.01. The molecule has 1 aliphatic rings. The number of hydrogen-bond donors (Lipinski definition) is 1. The topological polar surface area (TPSA) is 24.9 Å². The highest BCUT2D eigenvalue weighted by atomic mass is 14.9. The van der Waals surface area contributed by atoms with Crippen LogP contribution in [0.1, 0.15) is 45.4 Å². The van der Waals surface area contributed by atoms with E-state index in [4.69, 9.17) is 0 Å². The zero-order chi connectivity index (χ0) is 13.8. The van der Waals surface area contributed by atoms with Crippen LogP contribution in [0.15, 0.2) is 36.5 Å². The molecule has 1 saturated carbocycles. The van der Waals surface area contributed by atoms with Crippen molar-refractivity contribution in [1.82, 2.24) is 4.98 Å². The normalized spacial score (nSPS) is 22.9. The Morgan fingerprint density at radius 2 is 2.00 bits per heavy atom. The van der Waals surface area contributed by atoms with Crippen molar-refractivity contribution in [3.8, 4) is 0 Å². The average Bonchev–Trinajstić information content (AvgIpc) is 2.49. The highest BCUT2D eigenvalue weighted by Gasteiger charge is 2.20. The molecule has 1 aliphatic carbocycles. The summed E-state index contributed by atoms with van der Waals surface area (Å²) in [5, 5.41) is 4.93. The van der Waals surface area contributed by atoms with Crippen molar-refractivity contribution in [3.05, 3.63) is 36.5 Å². The molecule has 0 bridgehead atoms. The van der Waals surface area contributed by atoms with Crippen LogP contribution >= 0.6 is 0 Å². The number of nitrogens with zero attached hydrogens (tertiary/aromatic N) is 1. The smallest absolute Gasteiger partial charge is 0.0703 e. The number of hydrogen-bond acceptors (Lipinski definition) is 2. The number of rotatable bonds is 4. The van der Waals surface area contributed by atoms with Gasteiger partial charge in [-0.25, -0.2) is 0 Å². The van der Waals surface area contributed by atoms with E-state index in [1.165, 1.54) is 49.6 Å². The number of nitrogens with one attached hydrogen (secondary N) is 1. The summed E-state index contributed by atoms with van der Waals surface area (Å²) < 4.78 is 0. The molecule has 0 aliphatic heterocycles. The van der Waals surface area contributed by atoms with Crippen LogP contribution in [0.2, 0.25) is 0 Å². The molecule has 20 heavy (non-hydrogen) atoms. The summed E-state index contributed by atoms with van der Waals surface area (Å²) in [6.07, 6.45) is 10.0. The quantitative estimate of drug-likeness (QED) is 0.843. The molecule has 1 fully saturated rings. The van der Waals surface area contributed by atoms with Gasteiger partial charge in [0.25, 0.3) is 0 Å². The molecule has 106 valence electrons. The first-order valence-electron chi connectivity index (χ1n) is 7.96. The van der Waals surface area contributed by atoms with Crippen LogP contribution in [-0.4, -0.2) is 11.0 Å². The Morgan fingerprint density at radius 1 is 1.15 bits per heavy atom. The predicted molar refractivity (Wildman–Crippen MR) is 86.0 cm³/mol. The Labute approximate surface area is 121 Å². The fourth-order valence-electron chi connectivity index (χ4n) is 3.40. The van der Waals surface area contributed by atoms with Gasteiger partial charge >= 0.3 is 0 Å². The second-order valence-corrected chi connectivity index (χ2v) is 6.06. The van der Waals surface area contributed by atoms with E-state index >= 15 is 0 Å². The zero-order valence-corrected chi connectivity index (χ0v) is 12.3. The fraction of sp³-hybridized carbons (Fsp3) is 0.500. The van der Waals surface area contributed by atoms with Crippen LogP contribution in [0.5, 0.6) is 0 Å². The number of benzene rings is 1.